The summed E-state index contributed by atoms with van der Waals surface area (Å²) in [7, 11) is 0. The number of anilines is 1. The largest absolute Gasteiger partial charge is 0.354 e. The maximum Gasteiger partial charge on any atom is 0.222 e. The Bertz CT molecular complexity index is 317. The van der Waals surface area contributed by atoms with E-state index >= 15 is 0 Å². The molecule has 5 heteroatoms. The van der Waals surface area contributed by atoms with Gasteiger partial charge in [0.15, 0.2) is 0 Å². The normalized spacial score (nSPS) is 25.5. The molecule has 0 aromatic carbocycles. The minimum Gasteiger partial charge on any atom is -0.354 e. The zero-order valence-corrected chi connectivity index (χ0v) is 10.6. The average molecular weight is 291 g/mol. The van der Waals surface area contributed by atoms with Crippen molar-refractivity contribution in [3.63, 3.8) is 0 Å². The summed E-state index contributed by atoms with van der Waals surface area (Å²) in [6.07, 6.45) is 6.93. The Labute approximate surface area is 103 Å². The number of aromatic nitrogens is 2. The molecule has 1 aliphatic rings. The lowest BCUT2D eigenvalue weighted by molar-refractivity contribution is 0.578. The van der Waals surface area contributed by atoms with Gasteiger partial charge in [0.05, 0.1) is 4.47 Å². The Kier molecular flexibility index (Phi) is 3.81. The molecule has 0 amide bonds. The summed E-state index contributed by atoms with van der Waals surface area (Å²) >= 11 is 9.34. The van der Waals surface area contributed by atoms with Crippen LogP contribution in [0.2, 0.25) is 0 Å². The summed E-state index contributed by atoms with van der Waals surface area (Å²) in [6.45, 7) is 0.921. The third kappa shape index (κ3) is 3.31. The van der Waals surface area contributed by atoms with Gasteiger partial charge in [0.25, 0.3) is 0 Å². The Balaban J connectivity index is 1.80. The lowest BCUT2D eigenvalue weighted by Gasteiger charge is -2.10. The van der Waals surface area contributed by atoms with Crippen LogP contribution in [0.3, 0.4) is 0 Å². The molecule has 82 valence electrons. The second-order valence-electron chi connectivity index (χ2n) is 3.88. The standard InChI is InChI=1S/C10H13BrClN3/c11-8-5-14-10(15-6-8)13-4-7-1-2-9(12)3-7/h5-7,9H,1-4H2,(H,13,14,15). The molecular formula is C10H13BrClN3. The van der Waals surface area contributed by atoms with Crippen LogP contribution in [0.4, 0.5) is 5.95 Å². The van der Waals surface area contributed by atoms with Crippen molar-refractivity contribution in [2.75, 3.05) is 11.9 Å². The molecule has 0 aliphatic heterocycles. The molecule has 2 rings (SSSR count). The van der Waals surface area contributed by atoms with E-state index < -0.39 is 0 Å². The van der Waals surface area contributed by atoms with E-state index in [0.717, 1.165) is 23.9 Å². The lowest BCUT2D eigenvalue weighted by atomic mass is 10.1. The highest BCUT2D eigenvalue weighted by Gasteiger charge is 2.22. The molecule has 0 saturated heterocycles. The van der Waals surface area contributed by atoms with Crippen molar-refractivity contribution in [2.24, 2.45) is 5.92 Å². The molecule has 2 unspecified atom stereocenters. The smallest absolute Gasteiger partial charge is 0.222 e. The van der Waals surface area contributed by atoms with Crippen LogP contribution in [0.5, 0.6) is 0 Å². The van der Waals surface area contributed by atoms with E-state index in [9.17, 15) is 0 Å². The molecule has 2 atom stereocenters. The Morgan fingerprint density at radius 2 is 2.13 bits per heavy atom. The van der Waals surface area contributed by atoms with Crippen LogP contribution in [-0.2, 0) is 0 Å². The molecule has 1 heterocycles. The summed E-state index contributed by atoms with van der Waals surface area (Å²) in [5, 5.41) is 3.60. The van der Waals surface area contributed by atoms with E-state index in [1.165, 1.54) is 6.42 Å². The number of hydrogen-bond acceptors (Lipinski definition) is 3. The van der Waals surface area contributed by atoms with Crippen molar-refractivity contribution in [1.29, 1.82) is 0 Å². The molecule has 0 bridgehead atoms. The van der Waals surface area contributed by atoms with Gasteiger partial charge >= 0.3 is 0 Å². The maximum absolute atomic E-state index is 6.04. The first-order chi connectivity index (χ1) is 7.24. The van der Waals surface area contributed by atoms with Crippen LogP contribution in [-0.4, -0.2) is 21.9 Å². The molecule has 1 saturated carbocycles. The fourth-order valence-corrected chi connectivity index (χ4v) is 2.42. The summed E-state index contributed by atoms with van der Waals surface area (Å²) in [5.74, 6) is 1.36. The van der Waals surface area contributed by atoms with Gasteiger partial charge in [0.1, 0.15) is 0 Å². The molecule has 1 aromatic heterocycles. The topological polar surface area (TPSA) is 37.8 Å². The number of alkyl halides is 1. The van der Waals surface area contributed by atoms with E-state index in [-0.39, 0.29) is 0 Å². The van der Waals surface area contributed by atoms with Crippen molar-refractivity contribution < 1.29 is 0 Å². The molecule has 0 radical (unpaired) electrons. The molecule has 1 N–H and O–H groups in total. The molecule has 3 nitrogen and oxygen atoms in total. The Hall–Kier alpha value is -0.350. The van der Waals surface area contributed by atoms with Crippen LogP contribution in [0, 0.1) is 5.92 Å². The third-order valence-corrected chi connectivity index (χ3v) is 3.45. The van der Waals surface area contributed by atoms with E-state index in [4.69, 9.17) is 11.6 Å². The summed E-state index contributed by atoms with van der Waals surface area (Å²) in [5.41, 5.74) is 0. The van der Waals surface area contributed by atoms with Crippen molar-refractivity contribution in [3.8, 4) is 0 Å². The highest BCUT2D eigenvalue weighted by Crippen LogP contribution is 2.29. The minimum atomic E-state index is 0.364. The second-order valence-corrected chi connectivity index (χ2v) is 5.42. The fraction of sp³-hybridized carbons (Fsp3) is 0.600. The summed E-state index contributed by atoms with van der Waals surface area (Å²) < 4.78 is 0.898. The van der Waals surface area contributed by atoms with E-state index in [1.807, 2.05) is 0 Å². The van der Waals surface area contributed by atoms with E-state index in [1.54, 1.807) is 12.4 Å². The van der Waals surface area contributed by atoms with Crippen LogP contribution >= 0.6 is 27.5 Å². The average Bonchev–Trinajstić information content (AvgIpc) is 2.64. The van der Waals surface area contributed by atoms with Gasteiger partial charge in [-0.2, -0.15) is 0 Å². The number of halogens is 2. The lowest BCUT2D eigenvalue weighted by Crippen LogP contribution is -2.13. The van der Waals surface area contributed by atoms with E-state index in [0.29, 0.717) is 17.2 Å². The molecule has 1 fully saturated rings. The number of nitrogens with one attached hydrogen (secondary N) is 1. The summed E-state index contributed by atoms with van der Waals surface area (Å²) in [6, 6.07) is 0. The van der Waals surface area contributed by atoms with Crippen LogP contribution in [0.25, 0.3) is 0 Å². The van der Waals surface area contributed by atoms with Crippen molar-refractivity contribution in [1.82, 2.24) is 9.97 Å². The molecular weight excluding hydrogens is 277 g/mol. The van der Waals surface area contributed by atoms with Crippen LogP contribution < -0.4 is 5.32 Å². The molecule has 1 aliphatic carbocycles. The van der Waals surface area contributed by atoms with Gasteiger partial charge in [-0.05, 0) is 41.1 Å². The Morgan fingerprint density at radius 1 is 1.40 bits per heavy atom. The van der Waals surface area contributed by atoms with Gasteiger partial charge in [0.2, 0.25) is 5.95 Å². The van der Waals surface area contributed by atoms with E-state index in [2.05, 4.69) is 31.2 Å². The van der Waals surface area contributed by atoms with Gasteiger partial charge in [-0.3, -0.25) is 0 Å². The first-order valence-electron chi connectivity index (χ1n) is 5.09. The second kappa shape index (κ2) is 5.12. The van der Waals surface area contributed by atoms with Crippen LogP contribution in [0.1, 0.15) is 19.3 Å². The van der Waals surface area contributed by atoms with Gasteiger partial charge in [-0.25, -0.2) is 9.97 Å². The number of nitrogens with zero attached hydrogens (tertiary/aromatic N) is 2. The third-order valence-electron chi connectivity index (χ3n) is 2.65. The van der Waals surface area contributed by atoms with Gasteiger partial charge in [-0.1, -0.05) is 0 Å². The van der Waals surface area contributed by atoms with Crippen molar-refractivity contribution in [3.05, 3.63) is 16.9 Å². The van der Waals surface area contributed by atoms with Crippen molar-refractivity contribution in [2.45, 2.75) is 24.6 Å². The maximum atomic E-state index is 6.04. The number of rotatable bonds is 3. The summed E-state index contributed by atoms with van der Waals surface area (Å²) in [4.78, 5) is 8.31. The Morgan fingerprint density at radius 3 is 2.73 bits per heavy atom. The zero-order valence-electron chi connectivity index (χ0n) is 8.29. The predicted octanol–water partition coefficient (Wildman–Crippen LogP) is 3.06. The minimum absolute atomic E-state index is 0.364. The van der Waals surface area contributed by atoms with Gasteiger partial charge in [0, 0.05) is 24.3 Å². The number of hydrogen-bond donors (Lipinski definition) is 1. The predicted molar refractivity (Wildman–Crippen MR) is 65.2 cm³/mol. The van der Waals surface area contributed by atoms with Gasteiger partial charge < -0.3 is 5.32 Å². The molecule has 15 heavy (non-hydrogen) atoms. The van der Waals surface area contributed by atoms with Crippen molar-refractivity contribution >= 4 is 33.5 Å². The first kappa shape index (κ1) is 11.1. The monoisotopic (exact) mass is 289 g/mol. The quantitative estimate of drug-likeness (QED) is 0.870. The molecule has 0 spiro atoms. The zero-order chi connectivity index (χ0) is 10.7. The fourth-order valence-electron chi connectivity index (χ4n) is 1.84. The van der Waals surface area contributed by atoms with Crippen LogP contribution in [0.15, 0.2) is 16.9 Å². The first-order valence-corrected chi connectivity index (χ1v) is 6.32. The SMILES string of the molecule is ClC1CCC(CNc2ncc(Br)cn2)C1. The highest BCUT2D eigenvalue weighted by atomic mass is 79.9. The highest BCUT2D eigenvalue weighted by molar-refractivity contribution is 9.10. The van der Waals surface area contributed by atoms with Gasteiger partial charge in [-0.15, -0.1) is 11.6 Å². The molecule has 1 aromatic rings.